The quantitative estimate of drug-likeness (QED) is 0.338. The van der Waals surface area contributed by atoms with Crippen molar-refractivity contribution in [3.8, 4) is 0 Å². The second-order valence-electron chi connectivity index (χ2n) is 4.23. The molecule has 1 aromatic carbocycles. The van der Waals surface area contributed by atoms with Crippen LogP contribution in [0.15, 0.2) is 18.2 Å². The third kappa shape index (κ3) is 5.19. The van der Waals surface area contributed by atoms with Gasteiger partial charge in [0.1, 0.15) is 0 Å². The number of carbonyl (C=O) groups excluding carboxylic acids is 2. The third-order valence-corrected chi connectivity index (χ3v) is 2.75. The summed E-state index contributed by atoms with van der Waals surface area (Å²) in [4.78, 5) is 31.3. The van der Waals surface area contributed by atoms with Crippen molar-refractivity contribution >= 4 is 18.1 Å². The number of hydrogen-bond acceptors (Lipinski definition) is 6. The van der Waals surface area contributed by atoms with E-state index in [0.717, 1.165) is 0 Å². The molecule has 0 aromatic heterocycles. The molecular formula is C13H16N2O6. The molecule has 8 heteroatoms. The van der Waals surface area contributed by atoms with E-state index in [0.29, 0.717) is 24.9 Å². The molecule has 0 aliphatic rings. The number of rotatable bonds is 8. The highest BCUT2D eigenvalue weighted by atomic mass is 16.6. The SMILES string of the molecule is CC(OCCCOC(N)=O)c1ccc(C=O)c([N+](=O)[O-])c1. The Kier molecular flexibility index (Phi) is 6.28. The molecule has 1 atom stereocenters. The number of nitrogens with zero attached hydrogens (tertiary/aromatic N) is 1. The van der Waals surface area contributed by atoms with Crippen LogP contribution in [-0.4, -0.2) is 30.5 Å². The zero-order chi connectivity index (χ0) is 15.8. The smallest absolute Gasteiger partial charge is 0.404 e. The van der Waals surface area contributed by atoms with Crippen LogP contribution in [0.2, 0.25) is 0 Å². The molecule has 1 aromatic rings. The largest absolute Gasteiger partial charge is 0.450 e. The Balaban J connectivity index is 2.60. The van der Waals surface area contributed by atoms with Gasteiger partial charge in [0.05, 0.1) is 29.8 Å². The molecule has 1 rings (SSSR count). The zero-order valence-electron chi connectivity index (χ0n) is 11.5. The van der Waals surface area contributed by atoms with Crippen LogP contribution >= 0.6 is 0 Å². The minimum absolute atomic E-state index is 0.0193. The number of nitro groups is 1. The highest BCUT2D eigenvalue weighted by Gasteiger charge is 2.16. The first-order valence-corrected chi connectivity index (χ1v) is 6.23. The summed E-state index contributed by atoms with van der Waals surface area (Å²) >= 11 is 0. The predicted octanol–water partition coefficient (Wildman–Crippen LogP) is 1.97. The van der Waals surface area contributed by atoms with Crippen molar-refractivity contribution in [2.45, 2.75) is 19.4 Å². The van der Waals surface area contributed by atoms with E-state index in [-0.39, 0.29) is 17.9 Å². The number of benzene rings is 1. The van der Waals surface area contributed by atoms with Gasteiger partial charge in [0, 0.05) is 12.5 Å². The highest BCUT2D eigenvalue weighted by molar-refractivity contribution is 5.81. The van der Waals surface area contributed by atoms with Crippen LogP contribution in [0.4, 0.5) is 10.5 Å². The number of ether oxygens (including phenoxy) is 2. The topological polar surface area (TPSA) is 122 Å². The fraction of sp³-hybridized carbons (Fsp3) is 0.385. The number of carbonyl (C=O) groups is 2. The summed E-state index contributed by atoms with van der Waals surface area (Å²) in [6.45, 7) is 2.18. The van der Waals surface area contributed by atoms with E-state index in [9.17, 15) is 19.7 Å². The molecular weight excluding hydrogens is 280 g/mol. The Morgan fingerprint density at radius 2 is 2.19 bits per heavy atom. The first kappa shape index (κ1) is 16.6. The van der Waals surface area contributed by atoms with E-state index in [1.54, 1.807) is 13.0 Å². The average Bonchev–Trinajstić information content (AvgIpc) is 2.45. The molecule has 21 heavy (non-hydrogen) atoms. The van der Waals surface area contributed by atoms with Crippen molar-refractivity contribution in [1.29, 1.82) is 0 Å². The van der Waals surface area contributed by atoms with Gasteiger partial charge < -0.3 is 15.2 Å². The van der Waals surface area contributed by atoms with Crippen LogP contribution in [0, 0.1) is 10.1 Å². The summed E-state index contributed by atoms with van der Waals surface area (Å²) in [5, 5.41) is 10.9. The van der Waals surface area contributed by atoms with Gasteiger partial charge in [0.25, 0.3) is 5.69 Å². The number of hydrogen-bond donors (Lipinski definition) is 1. The maximum atomic E-state index is 10.9. The van der Waals surface area contributed by atoms with Crippen molar-refractivity contribution in [1.82, 2.24) is 0 Å². The molecule has 0 saturated carbocycles. The number of primary amides is 1. The molecule has 0 aliphatic heterocycles. The predicted molar refractivity (Wildman–Crippen MR) is 73.0 cm³/mol. The second-order valence-corrected chi connectivity index (χ2v) is 4.23. The molecule has 0 aliphatic carbocycles. The van der Waals surface area contributed by atoms with Gasteiger partial charge in [-0.25, -0.2) is 4.79 Å². The van der Waals surface area contributed by atoms with Gasteiger partial charge >= 0.3 is 6.09 Å². The molecule has 0 fully saturated rings. The number of amides is 1. The fourth-order valence-corrected chi connectivity index (χ4v) is 1.66. The zero-order valence-corrected chi connectivity index (χ0v) is 11.5. The highest BCUT2D eigenvalue weighted by Crippen LogP contribution is 2.24. The lowest BCUT2D eigenvalue weighted by Crippen LogP contribution is -2.15. The van der Waals surface area contributed by atoms with Gasteiger partial charge in [0.2, 0.25) is 0 Å². The van der Waals surface area contributed by atoms with Gasteiger partial charge in [-0.15, -0.1) is 0 Å². The van der Waals surface area contributed by atoms with Crippen LogP contribution < -0.4 is 5.73 Å². The Morgan fingerprint density at radius 1 is 1.48 bits per heavy atom. The van der Waals surface area contributed by atoms with E-state index >= 15 is 0 Å². The first-order chi connectivity index (χ1) is 9.95. The molecule has 1 amide bonds. The molecule has 0 radical (unpaired) electrons. The Morgan fingerprint density at radius 3 is 2.76 bits per heavy atom. The summed E-state index contributed by atoms with van der Waals surface area (Å²) in [5.74, 6) is 0. The average molecular weight is 296 g/mol. The first-order valence-electron chi connectivity index (χ1n) is 6.23. The summed E-state index contributed by atoms with van der Waals surface area (Å²) in [6, 6.07) is 4.30. The number of nitrogens with two attached hydrogens (primary N) is 1. The summed E-state index contributed by atoms with van der Waals surface area (Å²) < 4.78 is 10.0. The van der Waals surface area contributed by atoms with Crippen molar-refractivity contribution < 1.29 is 24.0 Å². The van der Waals surface area contributed by atoms with Gasteiger partial charge in [-0.3, -0.25) is 14.9 Å². The summed E-state index contributed by atoms with van der Waals surface area (Å²) in [5.41, 5.74) is 5.15. The second kappa shape index (κ2) is 7.95. The van der Waals surface area contributed by atoms with Crippen molar-refractivity contribution in [3.63, 3.8) is 0 Å². The van der Waals surface area contributed by atoms with Crippen molar-refractivity contribution in [2.75, 3.05) is 13.2 Å². The standard InChI is InChI=1S/C13H16N2O6/c1-9(20-5-2-6-21-13(14)17)10-3-4-11(8-16)12(7-10)15(18)19/h3-4,7-9H,2,5-6H2,1H3,(H2,14,17). The summed E-state index contributed by atoms with van der Waals surface area (Å²) in [6.07, 6.45) is -0.336. The van der Waals surface area contributed by atoms with Crippen LogP contribution in [0.25, 0.3) is 0 Å². The van der Waals surface area contributed by atoms with Gasteiger partial charge in [-0.2, -0.15) is 0 Å². The van der Waals surface area contributed by atoms with Crippen molar-refractivity contribution in [3.05, 3.63) is 39.4 Å². The van der Waals surface area contributed by atoms with E-state index in [1.807, 2.05) is 0 Å². The minimum Gasteiger partial charge on any atom is -0.450 e. The Bertz CT molecular complexity index is 531. The third-order valence-electron chi connectivity index (χ3n) is 2.75. The molecule has 0 saturated heterocycles. The van der Waals surface area contributed by atoms with Crippen molar-refractivity contribution in [2.24, 2.45) is 5.73 Å². The van der Waals surface area contributed by atoms with E-state index in [2.05, 4.69) is 4.74 Å². The maximum absolute atomic E-state index is 10.9. The lowest BCUT2D eigenvalue weighted by Gasteiger charge is -2.13. The van der Waals surface area contributed by atoms with Gasteiger partial charge in [-0.1, -0.05) is 6.07 Å². The molecule has 1 unspecified atom stereocenters. The maximum Gasteiger partial charge on any atom is 0.404 e. The number of nitro benzene ring substituents is 1. The van der Waals surface area contributed by atoms with Crippen LogP contribution in [-0.2, 0) is 9.47 Å². The monoisotopic (exact) mass is 296 g/mol. The fourth-order valence-electron chi connectivity index (χ4n) is 1.66. The lowest BCUT2D eigenvalue weighted by molar-refractivity contribution is -0.385. The Labute approximate surface area is 121 Å². The van der Waals surface area contributed by atoms with E-state index in [4.69, 9.17) is 10.5 Å². The van der Waals surface area contributed by atoms with Crippen LogP contribution in [0.3, 0.4) is 0 Å². The number of aldehydes is 1. The van der Waals surface area contributed by atoms with Gasteiger partial charge in [-0.05, 0) is 18.6 Å². The molecule has 0 heterocycles. The van der Waals surface area contributed by atoms with Crippen LogP contribution in [0.5, 0.6) is 0 Å². The summed E-state index contributed by atoms with van der Waals surface area (Å²) in [7, 11) is 0. The molecule has 114 valence electrons. The molecule has 8 nitrogen and oxygen atoms in total. The Hall–Kier alpha value is -2.48. The van der Waals surface area contributed by atoms with Gasteiger partial charge in [0.15, 0.2) is 6.29 Å². The van der Waals surface area contributed by atoms with Crippen LogP contribution in [0.1, 0.15) is 35.4 Å². The van der Waals surface area contributed by atoms with E-state index in [1.165, 1.54) is 12.1 Å². The lowest BCUT2D eigenvalue weighted by atomic mass is 10.1. The minimum atomic E-state index is -0.844. The molecule has 2 N–H and O–H groups in total. The molecule has 0 spiro atoms. The molecule has 0 bridgehead atoms. The van der Waals surface area contributed by atoms with E-state index < -0.39 is 17.1 Å². The normalized spacial score (nSPS) is 11.7.